The van der Waals surface area contributed by atoms with Crippen LogP contribution in [0.2, 0.25) is 0 Å². The molecule has 4 rings (SSSR count). The monoisotopic (exact) mass is 416 g/mol. The molecule has 0 radical (unpaired) electrons. The number of fused-ring (bicyclic) bond motifs is 1. The number of hydrogen-bond acceptors (Lipinski definition) is 9. The molecule has 28 heavy (non-hydrogen) atoms. The molecule has 1 aromatic heterocycles. The number of aryl methyl sites for hydroxylation is 1. The van der Waals surface area contributed by atoms with Crippen molar-refractivity contribution in [1.29, 1.82) is 0 Å². The van der Waals surface area contributed by atoms with Gasteiger partial charge in [0.05, 0.1) is 21.1 Å². The fraction of sp³-hybridized carbons (Fsp3) is 0.176. The van der Waals surface area contributed by atoms with Crippen molar-refractivity contribution in [1.82, 2.24) is 14.5 Å². The van der Waals surface area contributed by atoms with Crippen LogP contribution in [0.4, 0.5) is 5.69 Å². The first-order valence-corrected chi connectivity index (χ1v) is 9.77. The number of ether oxygens (including phenoxy) is 1. The number of amides is 1. The zero-order valence-electron chi connectivity index (χ0n) is 14.4. The number of rotatable bonds is 5. The maximum atomic E-state index is 12.5. The number of carbonyl (C=O) groups excluding carboxylic acids is 2. The fourth-order valence-corrected chi connectivity index (χ4v) is 4.43. The number of esters is 1. The Balaban J connectivity index is 1.39. The third-order valence-electron chi connectivity index (χ3n) is 4.23. The van der Waals surface area contributed by atoms with Gasteiger partial charge in [-0.3, -0.25) is 19.8 Å². The van der Waals surface area contributed by atoms with Crippen LogP contribution >= 0.6 is 23.3 Å². The molecule has 2 aliphatic heterocycles. The van der Waals surface area contributed by atoms with Crippen LogP contribution in [0.1, 0.15) is 16.1 Å². The molecule has 0 saturated carbocycles. The molecule has 0 aliphatic carbocycles. The van der Waals surface area contributed by atoms with E-state index in [-0.39, 0.29) is 29.3 Å². The summed E-state index contributed by atoms with van der Waals surface area (Å²) in [6.07, 6.45) is 1.76. The molecular weight excluding hydrogens is 404 g/mol. The topological polar surface area (TPSA) is 116 Å². The Kier molecular flexibility index (Phi) is 4.69. The molecule has 1 aromatic carbocycles. The van der Waals surface area contributed by atoms with Crippen LogP contribution in [0.3, 0.4) is 0 Å². The van der Waals surface area contributed by atoms with Crippen molar-refractivity contribution in [3.8, 4) is 0 Å². The molecule has 2 aliphatic rings. The van der Waals surface area contributed by atoms with Crippen LogP contribution in [0.25, 0.3) is 6.08 Å². The molecule has 1 unspecified atom stereocenters. The van der Waals surface area contributed by atoms with Gasteiger partial charge in [-0.05, 0) is 42.2 Å². The summed E-state index contributed by atoms with van der Waals surface area (Å²) in [4.78, 5) is 37.2. The van der Waals surface area contributed by atoms with Gasteiger partial charge in [0.25, 0.3) is 11.6 Å². The number of nitrogens with zero attached hydrogens (tertiary/aromatic N) is 4. The molecule has 3 heterocycles. The second kappa shape index (κ2) is 7.17. The van der Waals surface area contributed by atoms with Gasteiger partial charge in [-0.1, -0.05) is 4.49 Å². The van der Waals surface area contributed by atoms with Gasteiger partial charge in [0.15, 0.2) is 0 Å². The summed E-state index contributed by atoms with van der Waals surface area (Å²) in [5, 5.41) is 15.9. The highest BCUT2D eigenvalue weighted by atomic mass is 32.2. The standard InChI is InChI=1S/C17H12N4O5S2/c1-9-14(28-19-18-9)6-12-15(22)20-13(8-27-16(12)20)17(23)26-7-10-2-4-11(5-3-10)21(24)25/h2-6,8,16H,7H2,1H3. The molecule has 1 amide bonds. The lowest BCUT2D eigenvalue weighted by Gasteiger charge is -2.37. The zero-order chi connectivity index (χ0) is 19.8. The zero-order valence-corrected chi connectivity index (χ0v) is 16.0. The van der Waals surface area contributed by atoms with E-state index in [2.05, 4.69) is 9.59 Å². The maximum absolute atomic E-state index is 12.5. The van der Waals surface area contributed by atoms with Gasteiger partial charge in [0.1, 0.15) is 17.7 Å². The van der Waals surface area contributed by atoms with E-state index in [1.54, 1.807) is 11.5 Å². The number of thioether (sulfide) groups is 1. The summed E-state index contributed by atoms with van der Waals surface area (Å²) in [7, 11) is 0. The van der Waals surface area contributed by atoms with Crippen molar-refractivity contribution < 1.29 is 19.2 Å². The molecule has 9 nitrogen and oxygen atoms in total. The predicted octanol–water partition coefficient (Wildman–Crippen LogP) is 2.64. The Hall–Kier alpha value is -3.05. The van der Waals surface area contributed by atoms with E-state index in [0.29, 0.717) is 11.1 Å². The molecule has 1 saturated heterocycles. The van der Waals surface area contributed by atoms with Gasteiger partial charge in [0, 0.05) is 17.5 Å². The SMILES string of the molecule is Cc1nnsc1C=C1C(=O)N2C(C(=O)OCc3ccc([N+](=O)[O-])cc3)=CSC12. The second-order valence-corrected chi connectivity index (χ2v) is 7.73. The minimum absolute atomic E-state index is 0.0373. The van der Waals surface area contributed by atoms with Gasteiger partial charge < -0.3 is 4.74 Å². The van der Waals surface area contributed by atoms with Crippen molar-refractivity contribution in [2.45, 2.75) is 18.9 Å². The summed E-state index contributed by atoms with van der Waals surface area (Å²) >= 11 is 2.57. The molecule has 1 fully saturated rings. The highest BCUT2D eigenvalue weighted by Crippen LogP contribution is 2.45. The van der Waals surface area contributed by atoms with Crippen LogP contribution in [-0.4, -0.2) is 36.7 Å². The number of carbonyl (C=O) groups is 2. The molecule has 11 heteroatoms. The predicted molar refractivity (Wildman–Crippen MR) is 102 cm³/mol. The highest BCUT2D eigenvalue weighted by Gasteiger charge is 2.50. The van der Waals surface area contributed by atoms with E-state index in [9.17, 15) is 19.7 Å². The average molecular weight is 416 g/mol. The summed E-state index contributed by atoms with van der Waals surface area (Å²) in [6.45, 7) is 1.78. The minimum atomic E-state index is -0.614. The maximum Gasteiger partial charge on any atom is 0.355 e. The molecule has 0 N–H and O–H groups in total. The van der Waals surface area contributed by atoms with Gasteiger partial charge in [-0.25, -0.2) is 4.79 Å². The van der Waals surface area contributed by atoms with E-state index in [0.717, 1.165) is 10.6 Å². The van der Waals surface area contributed by atoms with Crippen LogP contribution in [0.15, 0.2) is 40.9 Å². The van der Waals surface area contributed by atoms with Gasteiger partial charge in [-0.15, -0.1) is 16.9 Å². The number of non-ortho nitro benzene ring substituents is 1. The molecule has 1 atom stereocenters. The van der Waals surface area contributed by atoms with E-state index < -0.39 is 10.9 Å². The van der Waals surface area contributed by atoms with Crippen LogP contribution < -0.4 is 0 Å². The minimum Gasteiger partial charge on any atom is -0.456 e. The van der Waals surface area contributed by atoms with Crippen molar-refractivity contribution in [3.05, 3.63) is 67.2 Å². The Morgan fingerprint density at radius 3 is 2.79 bits per heavy atom. The van der Waals surface area contributed by atoms with Crippen molar-refractivity contribution >= 4 is 46.9 Å². The van der Waals surface area contributed by atoms with Crippen LogP contribution in [-0.2, 0) is 20.9 Å². The number of nitro groups is 1. The van der Waals surface area contributed by atoms with Crippen molar-refractivity contribution in [3.63, 3.8) is 0 Å². The fourth-order valence-electron chi connectivity index (χ4n) is 2.71. The van der Waals surface area contributed by atoms with E-state index in [1.165, 1.54) is 52.5 Å². The molecular formula is C17H12N4O5S2. The molecule has 142 valence electrons. The highest BCUT2D eigenvalue weighted by molar-refractivity contribution is 8.03. The Bertz CT molecular complexity index is 1040. The van der Waals surface area contributed by atoms with E-state index in [4.69, 9.17) is 4.74 Å². The van der Waals surface area contributed by atoms with Crippen molar-refractivity contribution in [2.24, 2.45) is 0 Å². The summed E-state index contributed by atoms with van der Waals surface area (Å²) in [5.41, 5.74) is 2.12. The lowest BCUT2D eigenvalue weighted by molar-refractivity contribution is -0.384. The lowest BCUT2D eigenvalue weighted by atomic mass is 10.0. The number of nitro benzene ring substituents is 1. The molecule has 2 aromatic rings. The van der Waals surface area contributed by atoms with E-state index >= 15 is 0 Å². The van der Waals surface area contributed by atoms with Gasteiger partial charge in [0.2, 0.25) is 0 Å². The van der Waals surface area contributed by atoms with Gasteiger partial charge >= 0.3 is 5.97 Å². The van der Waals surface area contributed by atoms with E-state index in [1.807, 2.05) is 6.92 Å². The average Bonchev–Trinajstić information content (AvgIpc) is 3.28. The van der Waals surface area contributed by atoms with Gasteiger partial charge in [-0.2, -0.15) is 0 Å². The Labute approximate surface area is 167 Å². The number of benzene rings is 1. The first kappa shape index (κ1) is 18.3. The normalized spacial score (nSPS) is 19.2. The Morgan fingerprint density at radius 1 is 1.39 bits per heavy atom. The summed E-state index contributed by atoms with van der Waals surface area (Å²) in [5.74, 6) is -0.863. The smallest absolute Gasteiger partial charge is 0.355 e. The molecule has 0 bridgehead atoms. The summed E-state index contributed by atoms with van der Waals surface area (Å²) < 4.78 is 9.10. The number of β-lactam (4-membered cyclic amide) rings is 1. The molecule has 0 spiro atoms. The quantitative estimate of drug-likeness (QED) is 0.240. The number of aromatic nitrogens is 2. The summed E-state index contributed by atoms with van der Waals surface area (Å²) in [6, 6.07) is 5.73. The van der Waals surface area contributed by atoms with Crippen LogP contribution in [0, 0.1) is 17.0 Å². The largest absolute Gasteiger partial charge is 0.456 e. The third kappa shape index (κ3) is 3.18. The number of hydrogen-bond donors (Lipinski definition) is 0. The van der Waals surface area contributed by atoms with Crippen molar-refractivity contribution in [2.75, 3.05) is 0 Å². The first-order valence-electron chi connectivity index (χ1n) is 8.06. The third-order valence-corrected chi connectivity index (χ3v) is 6.09. The lowest BCUT2D eigenvalue weighted by Crippen LogP contribution is -2.51. The van der Waals surface area contributed by atoms with Crippen LogP contribution in [0.5, 0.6) is 0 Å². The Morgan fingerprint density at radius 2 is 2.14 bits per heavy atom. The first-order chi connectivity index (χ1) is 13.5. The second-order valence-electron chi connectivity index (χ2n) is 5.99.